The topological polar surface area (TPSA) is 29.1 Å². The SMILES string of the molecule is O=C(NCCCc1ccc(Cl)cc1)c1ccc(F)cc1. The van der Waals surface area contributed by atoms with Crippen molar-refractivity contribution in [3.05, 3.63) is 70.5 Å². The number of rotatable bonds is 5. The Balaban J connectivity index is 1.74. The highest BCUT2D eigenvalue weighted by molar-refractivity contribution is 6.30. The highest BCUT2D eigenvalue weighted by atomic mass is 35.5. The molecule has 0 fully saturated rings. The van der Waals surface area contributed by atoms with Gasteiger partial charge in [0.15, 0.2) is 0 Å². The summed E-state index contributed by atoms with van der Waals surface area (Å²) in [6.07, 6.45) is 1.72. The van der Waals surface area contributed by atoms with Gasteiger partial charge in [0.05, 0.1) is 0 Å². The average molecular weight is 292 g/mol. The standard InChI is InChI=1S/C16H15ClFNO/c17-14-7-3-12(4-8-14)2-1-11-19-16(20)13-5-9-15(18)10-6-13/h3-10H,1-2,11H2,(H,19,20). The zero-order valence-electron chi connectivity index (χ0n) is 10.9. The van der Waals surface area contributed by atoms with Crippen LogP contribution >= 0.6 is 11.6 Å². The van der Waals surface area contributed by atoms with E-state index in [0.717, 1.165) is 17.9 Å². The lowest BCUT2D eigenvalue weighted by atomic mass is 10.1. The predicted octanol–water partition coefficient (Wildman–Crippen LogP) is 3.84. The fourth-order valence-electron chi connectivity index (χ4n) is 1.85. The van der Waals surface area contributed by atoms with Crippen LogP contribution in [0.2, 0.25) is 5.02 Å². The van der Waals surface area contributed by atoms with Gasteiger partial charge < -0.3 is 5.32 Å². The predicted molar refractivity (Wildman–Crippen MR) is 78.5 cm³/mol. The van der Waals surface area contributed by atoms with Crippen LogP contribution in [0.25, 0.3) is 0 Å². The largest absolute Gasteiger partial charge is 0.352 e. The van der Waals surface area contributed by atoms with E-state index in [-0.39, 0.29) is 11.7 Å². The molecule has 2 rings (SSSR count). The van der Waals surface area contributed by atoms with Crippen molar-refractivity contribution in [3.8, 4) is 0 Å². The zero-order chi connectivity index (χ0) is 14.4. The van der Waals surface area contributed by atoms with Crippen molar-refractivity contribution in [3.63, 3.8) is 0 Å². The Kier molecular flexibility index (Phi) is 5.13. The smallest absolute Gasteiger partial charge is 0.251 e. The monoisotopic (exact) mass is 291 g/mol. The first-order chi connectivity index (χ1) is 9.65. The summed E-state index contributed by atoms with van der Waals surface area (Å²) in [5.41, 5.74) is 1.66. The molecule has 1 N–H and O–H groups in total. The summed E-state index contributed by atoms with van der Waals surface area (Å²) in [5, 5.41) is 3.53. The van der Waals surface area contributed by atoms with E-state index < -0.39 is 0 Å². The van der Waals surface area contributed by atoms with E-state index in [1.165, 1.54) is 29.8 Å². The number of carbonyl (C=O) groups is 1. The quantitative estimate of drug-likeness (QED) is 0.833. The molecule has 0 aliphatic heterocycles. The molecule has 4 heteroatoms. The summed E-state index contributed by atoms with van der Waals surface area (Å²) in [6.45, 7) is 0.582. The first kappa shape index (κ1) is 14.5. The zero-order valence-corrected chi connectivity index (χ0v) is 11.7. The lowest BCUT2D eigenvalue weighted by molar-refractivity contribution is 0.0953. The maximum Gasteiger partial charge on any atom is 0.251 e. The third kappa shape index (κ3) is 4.35. The van der Waals surface area contributed by atoms with Crippen molar-refractivity contribution < 1.29 is 9.18 Å². The molecule has 2 aromatic rings. The average Bonchev–Trinajstić information content (AvgIpc) is 2.46. The Morgan fingerprint density at radius 3 is 2.35 bits per heavy atom. The number of hydrogen-bond donors (Lipinski definition) is 1. The minimum atomic E-state index is -0.343. The number of aryl methyl sites for hydroxylation is 1. The summed E-state index contributed by atoms with van der Waals surface area (Å²) < 4.78 is 12.7. The van der Waals surface area contributed by atoms with Crippen LogP contribution in [0.4, 0.5) is 4.39 Å². The fraction of sp³-hybridized carbons (Fsp3) is 0.188. The van der Waals surface area contributed by atoms with Gasteiger partial charge in [0, 0.05) is 17.1 Å². The van der Waals surface area contributed by atoms with Crippen LogP contribution in [-0.4, -0.2) is 12.5 Å². The molecular weight excluding hydrogens is 277 g/mol. The minimum Gasteiger partial charge on any atom is -0.352 e. The van der Waals surface area contributed by atoms with Gasteiger partial charge in [-0.2, -0.15) is 0 Å². The molecule has 0 aliphatic carbocycles. The van der Waals surface area contributed by atoms with Gasteiger partial charge in [0.2, 0.25) is 0 Å². The molecule has 1 amide bonds. The number of benzene rings is 2. The molecule has 20 heavy (non-hydrogen) atoms. The molecule has 0 unspecified atom stereocenters. The third-order valence-corrected chi connectivity index (χ3v) is 3.20. The highest BCUT2D eigenvalue weighted by Gasteiger charge is 2.04. The number of carbonyl (C=O) groups excluding carboxylic acids is 1. The summed E-state index contributed by atoms with van der Waals surface area (Å²) >= 11 is 5.81. The van der Waals surface area contributed by atoms with Gasteiger partial charge in [-0.1, -0.05) is 23.7 Å². The first-order valence-electron chi connectivity index (χ1n) is 6.43. The Morgan fingerprint density at radius 2 is 1.70 bits per heavy atom. The molecule has 2 nitrogen and oxygen atoms in total. The summed E-state index contributed by atoms with van der Waals surface area (Å²) in [4.78, 5) is 11.8. The second-order valence-electron chi connectivity index (χ2n) is 4.49. The van der Waals surface area contributed by atoms with Gasteiger partial charge in [-0.15, -0.1) is 0 Å². The van der Waals surface area contributed by atoms with Crippen LogP contribution in [-0.2, 0) is 6.42 Å². The number of nitrogens with one attached hydrogen (secondary N) is 1. The van der Waals surface area contributed by atoms with E-state index in [4.69, 9.17) is 11.6 Å². The molecule has 0 aromatic heterocycles. The first-order valence-corrected chi connectivity index (χ1v) is 6.81. The van der Waals surface area contributed by atoms with Gasteiger partial charge in [-0.25, -0.2) is 4.39 Å². The van der Waals surface area contributed by atoms with Gasteiger partial charge in [0.25, 0.3) is 5.91 Å². The molecule has 0 saturated carbocycles. The molecule has 0 heterocycles. The van der Waals surface area contributed by atoms with E-state index in [0.29, 0.717) is 12.1 Å². The lowest BCUT2D eigenvalue weighted by Gasteiger charge is -2.05. The Bertz CT molecular complexity index is 566. The summed E-state index contributed by atoms with van der Waals surface area (Å²) in [5.74, 6) is -0.523. The molecule has 2 aromatic carbocycles. The number of amides is 1. The van der Waals surface area contributed by atoms with Crippen LogP contribution in [0.3, 0.4) is 0 Å². The molecular formula is C16H15ClFNO. The van der Waals surface area contributed by atoms with Gasteiger partial charge in [0.1, 0.15) is 5.82 Å². The lowest BCUT2D eigenvalue weighted by Crippen LogP contribution is -2.24. The molecule has 0 radical (unpaired) electrons. The maximum absolute atomic E-state index is 12.7. The van der Waals surface area contributed by atoms with Gasteiger partial charge in [-0.3, -0.25) is 4.79 Å². The van der Waals surface area contributed by atoms with Crippen molar-refractivity contribution in [1.29, 1.82) is 0 Å². The van der Waals surface area contributed by atoms with Crippen LogP contribution in [0.5, 0.6) is 0 Å². The number of halogens is 2. The van der Waals surface area contributed by atoms with Crippen molar-refractivity contribution in [2.45, 2.75) is 12.8 Å². The minimum absolute atomic E-state index is 0.180. The van der Waals surface area contributed by atoms with Crippen LogP contribution < -0.4 is 5.32 Å². The molecule has 0 atom stereocenters. The van der Waals surface area contributed by atoms with Crippen molar-refractivity contribution in [2.24, 2.45) is 0 Å². The van der Waals surface area contributed by atoms with Crippen LogP contribution in [0, 0.1) is 5.82 Å². The molecule has 0 bridgehead atoms. The van der Waals surface area contributed by atoms with Crippen molar-refractivity contribution in [1.82, 2.24) is 5.32 Å². The fourth-order valence-corrected chi connectivity index (χ4v) is 1.97. The van der Waals surface area contributed by atoms with E-state index in [1.807, 2.05) is 24.3 Å². The van der Waals surface area contributed by atoms with Crippen LogP contribution in [0.1, 0.15) is 22.3 Å². The van der Waals surface area contributed by atoms with E-state index in [1.54, 1.807) is 0 Å². The molecule has 104 valence electrons. The highest BCUT2D eigenvalue weighted by Crippen LogP contribution is 2.10. The second kappa shape index (κ2) is 7.06. The van der Waals surface area contributed by atoms with Crippen molar-refractivity contribution >= 4 is 17.5 Å². The number of hydrogen-bond acceptors (Lipinski definition) is 1. The second-order valence-corrected chi connectivity index (χ2v) is 4.93. The maximum atomic E-state index is 12.7. The van der Waals surface area contributed by atoms with E-state index in [9.17, 15) is 9.18 Å². The van der Waals surface area contributed by atoms with Gasteiger partial charge in [-0.05, 0) is 54.8 Å². The Labute approximate surface area is 122 Å². The summed E-state index contributed by atoms with van der Waals surface area (Å²) in [7, 11) is 0. The molecule has 0 saturated heterocycles. The van der Waals surface area contributed by atoms with Crippen molar-refractivity contribution in [2.75, 3.05) is 6.54 Å². The normalized spacial score (nSPS) is 10.3. The van der Waals surface area contributed by atoms with Crippen LogP contribution in [0.15, 0.2) is 48.5 Å². The van der Waals surface area contributed by atoms with E-state index in [2.05, 4.69) is 5.32 Å². The Hall–Kier alpha value is -1.87. The third-order valence-electron chi connectivity index (χ3n) is 2.95. The molecule has 0 aliphatic rings. The van der Waals surface area contributed by atoms with E-state index >= 15 is 0 Å². The van der Waals surface area contributed by atoms with Gasteiger partial charge >= 0.3 is 0 Å². The Morgan fingerprint density at radius 1 is 1.05 bits per heavy atom. The summed E-state index contributed by atoms with van der Waals surface area (Å²) in [6, 6.07) is 13.2. The molecule has 0 spiro atoms.